The van der Waals surface area contributed by atoms with Gasteiger partial charge in [0, 0.05) is 6.08 Å². The molecule has 0 aromatic rings. The van der Waals surface area contributed by atoms with Gasteiger partial charge < -0.3 is 9.47 Å². The van der Waals surface area contributed by atoms with Gasteiger partial charge in [-0.2, -0.15) is 5.26 Å². The van der Waals surface area contributed by atoms with Crippen LogP contribution < -0.4 is 0 Å². The number of ether oxygens (including phenoxy) is 2. The van der Waals surface area contributed by atoms with E-state index in [1.54, 1.807) is 6.92 Å². The van der Waals surface area contributed by atoms with E-state index in [0.717, 1.165) is 6.08 Å². The van der Waals surface area contributed by atoms with Crippen molar-refractivity contribution in [2.75, 3.05) is 13.7 Å². The summed E-state index contributed by atoms with van der Waals surface area (Å²) in [6.45, 7) is 5.14. The smallest absolute Gasteiger partial charge is 0.408 e. The van der Waals surface area contributed by atoms with E-state index in [9.17, 15) is 19.2 Å². The Morgan fingerprint density at radius 3 is 2.16 bits per heavy atom. The lowest BCUT2D eigenvalue weighted by Crippen LogP contribution is -2.20. The summed E-state index contributed by atoms with van der Waals surface area (Å²) in [5.74, 6) is -3.80. The Hall–Kier alpha value is -2.22. The van der Waals surface area contributed by atoms with Crippen molar-refractivity contribution in [3.63, 3.8) is 0 Å². The minimum Gasteiger partial charge on any atom is -0.466 e. The molecule has 108 valence electrons. The molecule has 0 atom stereocenters. The number of hydrogen-bond donors (Lipinski definition) is 1. The van der Waals surface area contributed by atoms with Gasteiger partial charge in [-0.1, -0.05) is 13.5 Å². The van der Waals surface area contributed by atoms with Gasteiger partial charge in [-0.15, -0.1) is 0 Å². The van der Waals surface area contributed by atoms with Gasteiger partial charge in [0.1, 0.15) is 6.42 Å². The quantitative estimate of drug-likeness (QED) is 0.140. The van der Waals surface area contributed by atoms with Crippen LogP contribution in [0.25, 0.3) is 0 Å². The molecule has 0 saturated heterocycles. The van der Waals surface area contributed by atoms with Crippen LogP contribution in [0, 0.1) is 0 Å². The van der Waals surface area contributed by atoms with E-state index in [0.29, 0.717) is 6.42 Å². The first kappa shape index (κ1) is 19.1. The van der Waals surface area contributed by atoms with Gasteiger partial charge >= 0.3 is 17.9 Å². The molecule has 0 heterocycles. The van der Waals surface area contributed by atoms with Crippen molar-refractivity contribution < 1.29 is 38.8 Å². The van der Waals surface area contributed by atoms with E-state index in [-0.39, 0.29) is 6.61 Å². The molecular formula is C11H16O8. The second-order valence-electron chi connectivity index (χ2n) is 2.93. The zero-order valence-corrected chi connectivity index (χ0v) is 10.7. The Morgan fingerprint density at radius 1 is 1.26 bits per heavy atom. The number of ketones is 1. The van der Waals surface area contributed by atoms with E-state index in [1.165, 1.54) is 7.11 Å². The Morgan fingerprint density at radius 2 is 1.84 bits per heavy atom. The van der Waals surface area contributed by atoms with Crippen molar-refractivity contribution in [2.45, 2.75) is 19.8 Å². The van der Waals surface area contributed by atoms with Gasteiger partial charge in [-0.3, -0.25) is 14.5 Å². The average Bonchev–Trinajstić information content (AvgIpc) is 2.43. The van der Waals surface area contributed by atoms with Gasteiger partial charge in [0.25, 0.3) is 5.78 Å². The molecule has 0 aliphatic rings. The van der Waals surface area contributed by atoms with Crippen LogP contribution in [0.5, 0.6) is 0 Å². The van der Waals surface area contributed by atoms with Crippen molar-refractivity contribution >= 4 is 23.7 Å². The van der Waals surface area contributed by atoms with Crippen molar-refractivity contribution in [1.29, 1.82) is 0 Å². The average molecular weight is 276 g/mol. The zero-order chi connectivity index (χ0) is 15.3. The Balaban J connectivity index is 0. The Bertz CT molecular complexity index is 334. The standard InChI is InChI=1S/C7H10O6.C4H6O2/c1-2-3-12-6(9)4-5(8)7(10)13-11;1-3-4(5)6-2/h11H,2-4H2,1H3;3H,1H2,2H3. The predicted molar refractivity (Wildman–Crippen MR) is 61.8 cm³/mol. The molecule has 0 radical (unpaired) electrons. The molecule has 0 bridgehead atoms. The maximum absolute atomic E-state index is 10.7. The maximum atomic E-state index is 10.7. The van der Waals surface area contributed by atoms with Crippen LogP contribution in [0.3, 0.4) is 0 Å². The fourth-order valence-electron chi connectivity index (χ4n) is 0.604. The predicted octanol–water partition coefficient (Wildman–Crippen LogP) is 0.260. The number of methoxy groups -OCH3 is 1. The highest BCUT2D eigenvalue weighted by Gasteiger charge is 2.20. The number of Topliss-reactive ketones (excluding diaryl/α,β-unsaturated/α-hetero) is 1. The number of hydrogen-bond acceptors (Lipinski definition) is 8. The van der Waals surface area contributed by atoms with E-state index >= 15 is 0 Å². The minimum absolute atomic E-state index is 0.195. The van der Waals surface area contributed by atoms with Gasteiger partial charge in [0.05, 0.1) is 13.7 Å². The Labute approximate surface area is 109 Å². The van der Waals surface area contributed by atoms with Crippen LogP contribution in [0.15, 0.2) is 12.7 Å². The first-order valence-electron chi connectivity index (χ1n) is 5.17. The van der Waals surface area contributed by atoms with E-state index < -0.39 is 30.1 Å². The summed E-state index contributed by atoms with van der Waals surface area (Å²) < 4.78 is 8.65. The lowest BCUT2D eigenvalue weighted by Gasteiger charge is -2.00. The zero-order valence-electron chi connectivity index (χ0n) is 10.7. The molecule has 0 amide bonds. The van der Waals surface area contributed by atoms with Crippen molar-refractivity contribution in [3.05, 3.63) is 12.7 Å². The topological polar surface area (TPSA) is 116 Å². The molecule has 0 aliphatic heterocycles. The second kappa shape index (κ2) is 12.2. The van der Waals surface area contributed by atoms with Crippen LogP contribution in [-0.2, 0) is 33.5 Å². The third kappa shape index (κ3) is 12.0. The lowest BCUT2D eigenvalue weighted by atomic mass is 10.3. The van der Waals surface area contributed by atoms with Crippen LogP contribution in [0.1, 0.15) is 19.8 Å². The lowest BCUT2D eigenvalue weighted by molar-refractivity contribution is -0.232. The highest BCUT2D eigenvalue weighted by atomic mass is 17.1. The molecule has 1 N–H and O–H groups in total. The molecule has 0 fully saturated rings. The van der Waals surface area contributed by atoms with Gasteiger partial charge in [0.2, 0.25) is 0 Å². The molecule has 0 spiro atoms. The number of carbonyl (C=O) groups excluding carboxylic acids is 4. The van der Waals surface area contributed by atoms with Gasteiger partial charge in [0.15, 0.2) is 0 Å². The van der Waals surface area contributed by atoms with Gasteiger partial charge in [-0.25, -0.2) is 9.59 Å². The van der Waals surface area contributed by atoms with Gasteiger partial charge in [-0.05, 0) is 6.42 Å². The number of carbonyl (C=O) groups is 4. The van der Waals surface area contributed by atoms with E-state index in [2.05, 4.69) is 20.9 Å². The summed E-state index contributed by atoms with van der Waals surface area (Å²) in [6, 6.07) is 0. The van der Waals surface area contributed by atoms with Crippen LogP contribution >= 0.6 is 0 Å². The SMILES string of the molecule is C=CC(=O)OC.CCCOC(=O)CC(=O)C(=O)OO. The molecule has 0 rings (SSSR count). The van der Waals surface area contributed by atoms with Crippen LogP contribution in [-0.4, -0.2) is 42.7 Å². The first-order valence-corrected chi connectivity index (χ1v) is 5.17. The molecule has 8 heteroatoms. The molecule has 0 aliphatic carbocycles. The molecule has 19 heavy (non-hydrogen) atoms. The highest BCUT2D eigenvalue weighted by Crippen LogP contribution is 1.92. The summed E-state index contributed by atoms with van der Waals surface area (Å²) in [5.41, 5.74) is 0. The third-order valence-corrected chi connectivity index (χ3v) is 1.45. The third-order valence-electron chi connectivity index (χ3n) is 1.45. The maximum Gasteiger partial charge on any atom is 0.408 e. The van der Waals surface area contributed by atoms with Crippen LogP contribution in [0.4, 0.5) is 0 Å². The second-order valence-corrected chi connectivity index (χ2v) is 2.93. The van der Waals surface area contributed by atoms with Crippen molar-refractivity contribution in [2.24, 2.45) is 0 Å². The largest absolute Gasteiger partial charge is 0.466 e. The van der Waals surface area contributed by atoms with E-state index in [4.69, 9.17) is 5.26 Å². The summed E-state index contributed by atoms with van der Waals surface area (Å²) in [7, 11) is 1.31. The summed E-state index contributed by atoms with van der Waals surface area (Å²) in [6.07, 6.45) is 1.03. The Kier molecular flexibility index (Phi) is 12.3. The van der Waals surface area contributed by atoms with Crippen LogP contribution in [0.2, 0.25) is 0 Å². The first-order chi connectivity index (χ1) is 8.92. The minimum atomic E-state index is -1.46. The fourth-order valence-corrected chi connectivity index (χ4v) is 0.604. The summed E-state index contributed by atoms with van der Waals surface area (Å²) >= 11 is 0. The molecule has 0 saturated carbocycles. The normalized spacial score (nSPS) is 8.37. The molecular weight excluding hydrogens is 260 g/mol. The molecule has 0 aromatic heterocycles. The van der Waals surface area contributed by atoms with E-state index in [1.807, 2.05) is 0 Å². The highest BCUT2D eigenvalue weighted by molar-refractivity contribution is 6.36. The molecule has 8 nitrogen and oxygen atoms in total. The molecule has 0 unspecified atom stereocenters. The fraction of sp³-hybridized carbons (Fsp3) is 0.455. The summed E-state index contributed by atoms with van der Waals surface area (Å²) in [5, 5.41) is 7.77. The molecule has 0 aromatic carbocycles. The van der Waals surface area contributed by atoms with Crippen molar-refractivity contribution in [1.82, 2.24) is 0 Å². The number of rotatable bonds is 6. The number of esters is 2. The van der Waals surface area contributed by atoms with Crippen molar-refractivity contribution in [3.8, 4) is 0 Å². The summed E-state index contributed by atoms with van der Waals surface area (Å²) in [4.78, 5) is 44.6. The monoisotopic (exact) mass is 276 g/mol.